The van der Waals surface area contributed by atoms with Crippen molar-refractivity contribution in [1.82, 2.24) is 4.90 Å². The molecule has 1 amide bonds. The molecule has 0 spiro atoms. The van der Waals surface area contributed by atoms with Crippen LogP contribution in [0, 0.1) is 0 Å². The topological polar surface area (TPSA) is 69.6 Å². The maximum Gasteiger partial charge on any atom is 0.323 e. The maximum atomic E-state index is 12.3. The van der Waals surface area contributed by atoms with Crippen molar-refractivity contribution in [3.63, 3.8) is 0 Å². The second-order valence-corrected chi connectivity index (χ2v) is 5.38. The summed E-state index contributed by atoms with van der Waals surface area (Å²) in [5.74, 6) is -0.961. The fourth-order valence-corrected chi connectivity index (χ4v) is 2.57. The molecule has 0 radical (unpaired) electrons. The molecule has 0 saturated heterocycles. The molecule has 108 valence electrons. The summed E-state index contributed by atoms with van der Waals surface area (Å²) < 4.78 is 0. The van der Waals surface area contributed by atoms with Crippen LogP contribution in [0.1, 0.15) is 31.7 Å². The third-order valence-corrected chi connectivity index (χ3v) is 3.61. The summed E-state index contributed by atoms with van der Waals surface area (Å²) in [5, 5.41) is 12.2. The van der Waals surface area contributed by atoms with Gasteiger partial charge in [-0.15, -0.1) is 0 Å². The van der Waals surface area contributed by atoms with E-state index in [1.54, 1.807) is 0 Å². The zero-order chi connectivity index (χ0) is 14.7. The van der Waals surface area contributed by atoms with Gasteiger partial charge in [-0.1, -0.05) is 18.2 Å². The lowest BCUT2D eigenvalue weighted by molar-refractivity contribution is -0.145. The molecular weight excluding hydrogens is 256 g/mol. The number of carbonyl (C=O) groups is 2. The minimum Gasteiger partial charge on any atom is -0.480 e. The van der Waals surface area contributed by atoms with Gasteiger partial charge in [-0.3, -0.25) is 9.59 Å². The first-order valence-corrected chi connectivity index (χ1v) is 6.83. The van der Waals surface area contributed by atoms with Gasteiger partial charge in [0.05, 0.1) is 0 Å². The number of anilines is 1. The van der Waals surface area contributed by atoms with E-state index in [2.05, 4.69) is 5.32 Å². The van der Waals surface area contributed by atoms with E-state index in [0.717, 1.165) is 17.8 Å². The molecule has 2 rings (SSSR count). The first kappa shape index (κ1) is 14.4. The first-order valence-electron chi connectivity index (χ1n) is 6.83. The number of carbonyl (C=O) groups excluding carboxylic acids is 1. The highest BCUT2D eigenvalue weighted by Crippen LogP contribution is 2.33. The summed E-state index contributed by atoms with van der Waals surface area (Å²) in [6, 6.07) is 7.83. The Labute approximate surface area is 118 Å². The minimum absolute atomic E-state index is 0.106. The largest absolute Gasteiger partial charge is 0.480 e. The van der Waals surface area contributed by atoms with Gasteiger partial charge in [0.1, 0.15) is 6.54 Å². The predicted molar refractivity (Wildman–Crippen MR) is 76.8 cm³/mol. The fourth-order valence-electron chi connectivity index (χ4n) is 2.57. The van der Waals surface area contributed by atoms with Crippen LogP contribution in [0.15, 0.2) is 24.3 Å². The number of carboxylic acid groups (broad SMARTS) is 1. The highest BCUT2D eigenvalue weighted by molar-refractivity contribution is 5.82. The molecular formula is C15H20N2O3. The Balaban J connectivity index is 2.06. The highest BCUT2D eigenvalue weighted by atomic mass is 16.4. The lowest BCUT2D eigenvalue weighted by atomic mass is 9.97. The standard InChI is InChI=1S/C15H20N2O3/c1-10(2)17(9-15(19)20)14(18)7-11-8-16-13-6-4-3-5-12(11)13/h3-6,10-11,16H,7-9H2,1-2H3,(H,19,20). The van der Waals surface area contributed by atoms with E-state index < -0.39 is 5.97 Å². The number of para-hydroxylation sites is 1. The van der Waals surface area contributed by atoms with Crippen molar-refractivity contribution >= 4 is 17.6 Å². The Kier molecular flexibility index (Phi) is 4.27. The van der Waals surface area contributed by atoms with Crippen LogP contribution in [0.5, 0.6) is 0 Å². The van der Waals surface area contributed by atoms with Gasteiger partial charge < -0.3 is 15.3 Å². The summed E-state index contributed by atoms with van der Waals surface area (Å²) in [5.41, 5.74) is 2.21. The Bertz CT molecular complexity index is 514. The number of fused-ring (bicyclic) bond motifs is 1. The second kappa shape index (κ2) is 5.94. The van der Waals surface area contributed by atoms with Gasteiger partial charge in [-0.2, -0.15) is 0 Å². The van der Waals surface area contributed by atoms with Crippen LogP contribution < -0.4 is 5.32 Å². The third-order valence-electron chi connectivity index (χ3n) is 3.61. The Morgan fingerprint density at radius 1 is 1.40 bits per heavy atom. The van der Waals surface area contributed by atoms with Crippen LogP contribution in [-0.2, 0) is 9.59 Å². The zero-order valence-electron chi connectivity index (χ0n) is 11.8. The molecule has 20 heavy (non-hydrogen) atoms. The minimum atomic E-state index is -0.975. The van der Waals surface area contributed by atoms with Gasteiger partial charge in [-0.05, 0) is 25.5 Å². The van der Waals surface area contributed by atoms with Crippen molar-refractivity contribution in [3.05, 3.63) is 29.8 Å². The van der Waals surface area contributed by atoms with Gasteiger partial charge in [0.2, 0.25) is 5.91 Å². The molecule has 1 heterocycles. The van der Waals surface area contributed by atoms with Crippen molar-refractivity contribution in [2.75, 3.05) is 18.4 Å². The average molecular weight is 276 g/mol. The molecule has 5 heteroatoms. The van der Waals surface area contributed by atoms with Gasteiger partial charge in [0, 0.05) is 30.6 Å². The zero-order valence-corrected chi connectivity index (χ0v) is 11.8. The number of aliphatic carboxylic acids is 1. The number of rotatable bonds is 5. The van der Waals surface area contributed by atoms with E-state index in [9.17, 15) is 9.59 Å². The van der Waals surface area contributed by atoms with Gasteiger partial charge in [0.25, 0.3) is 0 Å². The Morgan fingerprint density at radius 3 is 2.75 bits per heavy atom. The molecule has 5 nitrogen and oxygen atoms in total. The van der Waals surface area contributed by atoms with E-state index in [1.165, 1.54) is 4.90 Å². The van der Waals surface area contributed by atoms with Crippen molar-refractivity contribution in [1.29, 1.82) is 0 Å². The summed E-state index contributed by atoms with van der Waals surface area (Å²) >= 11 is 0. The number of hydrogen-bond acceptors (Lipinski definition) is 3. The van der Waals surface area contributed by atoms with Crippen molar-refractivity contribution in [3.8, 4) is 0 Å². The monoisotopic (exact) mass is 276 g/mol. The lowest BCUT2D eigenvalue weighted by Crippen LogP contribution is -2.41. The summed E-state index contributed by atoms with van der Waals surface area (Å²) in [7, 11) is 0. The Hall–Kier alpha value is -2.04. The quantitative estimate of drug-likeness (QED) is 0.862. The molecule has 1 aromatic carbocycles. The summed E-state index contributed by atoms with van der Waals surface area (Å²) in [6.07, 6.45) is 0.343. The normalized spacial score (nSPS) is 16.6. The molecule has 1 aliphatic rings. The van der Waals surface area contributed by atoms with Gasteiger partial charge >= 0.3 is 5.97 Å². The smallest absolute Gasteiger partial charge is 0.323 e. The molecule has 1 aromatic rings. The van der Waals surface area contributed by atoms with E-state index in [1.807, 2.05) is 38.1 Å². The van der Waals surface area contributed by atoms with E-state index in [0.29, 0.717) is 6.42 Å². The summed E-state index contributed by atoms with van der Waals surface area (Å²) in [4.78, 5) is 24.6. The van der Waals surface area contributed by atoms with Crippen LogP contribution in [-0.4, -0.2) is 41.0 Å². The van der Waals surface area contributed by atoms with E-state index in [4.69, 9.17) is 5.11 Å². The number of amides is 1. The fraction of sp³-hybridized carbons (Fsp3) is 0.467. The van der Waals surface area contributed by atoms with E-state index in [-0.39, 0.29) is 24.4 Å². The molecule has 1 atom stereocenters. The maximum absolute atomic E-state index is 12.3. The molecule has 0 aliphatic carbocycles. The van der Waals surface area contributed by atoms with Gasteiger partial charge in [0.15, 0.2) is 0 Å². The lowest BCUT2D eigenvalue weighted by Gasteiger charge is -2.26. The van der Waals surface area contributed by atoms with Crippen LogP contribution >= 0.6 is 0 Å². The SMILES string of the molecule is CC(C)N(CC(=O)O)C(=O)CC1CNc2ccccc21. The van der Waals surface area contributed by atoms with Crippen molar-refractivity contribution in [2.24, 2.45) is 0 Å². The number of carboxylic acids is 1. The van der Waals surface area contributed by atoms with Crippen LogP contribution in [0.3, 0.4) is 0 Å². The molecule has 2 N–H and O–H groups in total. The highest BCUT2D eigenvalue weighted by Gasteiger charge is 2.27. The van der Waals surface area contributed by atoms with Gasteiger partial charge in [-0.25, -0.2) is 0 Å². The van der Waals surface area contributed by atoms with Crippen molar-refractivity contribution < 1.29 is 14.7 Å². The number of hydrogen-bond donors (Lipinski definition) is 2. The van der Waals surface area contributed by atoms with Crippen LogP contribution in [0.4, 0.5) is 5.69 Å². The number of nitrogens with zero attached hydrogens (tertiary/aromatic N) is 1. The first-order chi connectivity index (χ1) is 9.49. The predicted octanol–water partition coefficient (Wildman–Crippen LogP) is 1.91. The third kappa shape index (κ3) is 3.10. The second-order valence-electron chi connectivity index (χ2n) is 5.38. The van der Waals surface area contributed by atoms with Crippen molar-refractivity contribution in [2.45, 2.75) is 32.2 Å². The van der Waals surface area contributed by atoms with Crippen LogP contribution in [0.25, 0.3) is 0 Å². The molecule has 0 saturated carbocycles. The molecule has 0 fully saturated rings. The average Bonchev–Trinajstić information content (AvgIpc) is 2.79. The number of nitrogens with one attached hydrogen (secondary N) is 1. The summed E-state index contributed by atoms with van der Waals surface area (Å²) in [6.45, 7) is 4.16. The Morgan fingerprint density at radius 2 is 2.10 bits per heavy atom. The number of benzene rings is 1. The van der Waals surface area contributed by atoms with Crippen LogP contribution in [0.2, 0.25) is 0 Å². The molecule has 1 unspecified atom stereocenters. The molecule has 1 aliphatic heterocycles. The molecule has 0 aromatic heterocycles. The molecule has 0 bridgehead atoms. The van der Waals surface area contributed by atoms with E-state index >= 15 is 0 Å².